The third kappa shape index (κ3) is 5.59. The number of carbonyl (C=O) groups excluding carboxylic acids is 2. The Hall–Kier alpha value is -1.21. The van der Waals surface area contributed by atoms with Gasteiger partial charge in [-0.05, 0) is 36.4 Å². The maximum Gasteiger partial charge on any atom is 0.239 e. The summed E-state index contributed by atoms with van der Waals surface area (Å²) in [5.74, 6) is 1.61. The SMILES string of the molecule is O=C(CN1CSCC1=O)NCCCSc1ccc(F)cc1. The monoisotopic (exact) mass is 328 g/mol. The molecule has 7 heteroatoms. The van der Waals surface area contributed by atoms with E-state index >= 15 is 0 Å². The van der Waals surface area contributed by atoms with E-state index in [4.69, 9.17) is 0 Å². The smallest absolute Gasteiger partial charge is 0.239 e. The van der Waals surface area contributed by atoms with E-state index in [1.807, 2.05) is 0 Å². The van der Waals surface area contributed by atoms with E-state index in [1.54, 1.807) is 28.8 Å². The predicted molar refractivity (Wildman–Crippen MR) is 83.8 cm³/mol. The van der Waals surface area contributed by atoms with Crippen molar-refractivity contribution in [1.29, 1.82) is 0 Å². The number of thioether (sulfide) groups is 2. The number of halogens is 1. The van der Waals surface area contributed by atoms with Crippen LogP contribution >= 0.6 is 23.5 Å². The summed E-state index contributed by atoms with van der Waals surface area (Å²) in [6, 6.07) is 6.37. The van der Waals surface area contributed by atoms with Crippen molar-refractivity contribution in [2.75, 3.05) is 30.5 Å². The summed E-state index contributed by atoms with van der Waals surface area (Å²) in [6.45, 7) is 0.735. The molecule has 1 aromatic rings. The minimum Gasteiger partial charge on any atom is -0.355 e. The molecule has 1 fully saturated rings. The number of benzene rings is 1. The molecule has 0 aliphatic carbocycles. The second-order valence-corrected chi connectivity index (χ2v) is 6.70. The lowest BCUT2D eigenvalue weighted by Crippen LogP contribution is -2.38. The van der Waals surface area contributed by atoms with Crippen LogP contribution in [-0.2, 0) is 9.59 Å². The van der Waals surface area contributed by atoms with Gasteiger partial charge in [0.2, 0.25) is 11.8 Å². The highest BCUT2D eigenvalue weighted by atomic mass is 32.2. The van der Waals surface area contributed by atoms with Gasteiger partial charge >= 0.3 is 0 Å². The third-order valence-electron chi connectivity index (χ3n) is 2.89. The van der Waals surface area contributed by atoms with Gasteiger partial charge in [-0.25, -0.2) is 4.39 Å². The van der Waals surface area contributed by atoms with Crippen LogP contribution in [0.15, 0.2) is 29.2 Å². The molecule has 0 atom stereocenters. The van der Waals surface area contributed by atoms with E-state index in [1.165, 1.54) is 23.9 Å². The van der Waals surface area contributed by atoms with Gasteiger partial charge in [-0.1, -0.05) is 0 Å². The Morgan fingerprint density at radius 3 is 2.81 bits per heavy atom. The molecule has 0 bridgehead atoms. The summed E-state index contributed by atoms with van der Waals surface area (Å²) >= 11 is 3.16. The number of hydrogen-bond acceptors (Lipinski definition) is 4. The largest absolute Gasteiger partial charge is 0.355 e. The van der Waals surface area contributed by atoms with Crippen LogP contribution in [0.4, 0.5) is 4.39 Å². The van der Waals surface area contributed by atoms with Crippen LogP contribution in [0.3, 0.4) is 0 Å². The molecule has 0 radical (unpaired) electrons. The van der Waals surface area contributed by atoms with Gasteiger partial charge in [0, 0.05) is 11.4 Å². The Labute approximate surface area is 131 Å². The summed E-state index contributed by atoms with van der Waals surface area (Å²) in [6.07, 6.45) is 0.830. The lowest BCUT2D eigenvalue weighted by molar-refractivity contribution is -0.132. The molecule has 1 aromatic carbocycles. The first-order chi connectivity index (χ1) is 10.1. The van der Waals surface area contributed by atoms with Gasteiger partial charge < -0.3 is 10.2 Å². The van der Waals surface area contributed by atoms with Gasteiger partial charge in [-0.3, -0.25) is 9.59 Å². The second-order valence-electron chi connectivity index (χ2n) is 4.58. The molecule has 0 unspecified atom stereocenters. The first kappa shape index (κ1) is 16.2. The van der Waals surface area contributed by atoms with Crippen LogP contribution in [0.5, 0.6) is 0 Å². The van der Waals surface area contributed by atoms with Crippen molar-refractivity contribution in [3.05, 3.63) is 30.1 Å². The Kier molecular flexibility index (Phi) is 6.38. The van der Waals surface area contributed by atoms with Crippen molar-refractivity contribution >= 4 is 35.3 Å². The Morgan fingerprint density at radius 1 is 1.38 bits per heavy atom. The molecule has 1 aliphatic rings. The Balaban J connectivity index is 1.56. The molecule has 1 heterocycles. The number of amides is 2. The molecule has 0 saturated carbocycles. The van der Waals surface area contributed by atoms with Gasteiger partial charge in [0.15, 0.2) is 0 Å². The van der Waals surface area contributed by atoms with E-state index in [2.05, 4.69) is 5.32 Å². The zero-order valence-electron chi connectivity index (χ0n) is 11.5. The summed E-state index contributed by atoms with van der Waals surface area (Å²) in [7, 11) is 0. The van der Waals surface area contributed by atoms with Crippen molar-refractivity contribution in [2.24, 2.45) is 0 Å². The fourth-order valence-corrected chi connectivity index (χ4v) is 3.55. The maximum absolute atomic E-state index is 12.7. The standard InChI is InChI=1S/C14H17FN2O2S2/c15-11-2-4-12(5-3-11)21-7-1-6-16-13(18)8-17-10-20-9-14(17)19/h2-5H,1,6-10H2,(H,16,18). The second kappa shape index (κ2) is 8.29. The lowest BCUT2D eigenvalue weighted by Gasteiger charge is -2.14. The number of carbonyl (C=O) groups is 2. The van der Waals surface area contributed by atoms with Gasteiger partial charge in [-0.2, -0.15) is 0 Å². The van der Waals surface area contributed by atoms with Crippen molar-refractivity contribution in [3.8, 4) is 0 Å². The summed E-state index contributed by atoms with van der Waals surface area (Å²) in [5, 5.41) is 2.81. The number of nitrogens with zero attached hydrogens (tertiary/aromatic N) is 1. The molecule has 4 nitrogen and oxygen atoms in total. The Morgan fingerprint density at radius 2 is 2.14 bits per heavy atom. The van der Waals surface area contributed by atoms with E-state index in [9.17, 15) is 14.0 Å². The van der Waals surface area contributed by atoms with Gasteiger partial charge in [-0.15, -0.1) is 23.5 Å². The van der Waals surface area contributed by atoms with E-state index in [0.29, 0.717) is 18.2 Å². The molecule has 0 aromatic heterocycles. The maximum atomic E-state index is 12.7. The molecular formula is C14H17FN2O2S2. The topological polar surface area (TPSA) is 49.4 Å². The van der Waals surface area contributed by atoms with Crippen LogP contribution in [-0.4, -0.2) is 47.2 Å². The molecule has 21 heavy (non-hydrogen) atoms. The van der Waals surface area contributed by atoms with Crippen LogP contribution in [0.1, 0.15) is 6.42 Å². The van der Waals surface area contributed by atoms with E-state index in [-0.39, 0.29) is 24.2 Å². The minimum atomic E-state index is -0.235. The summed E-state index contributed by atoms with van der Waals surface area (Å²) in [4.78, 5) is 25.6. The lowest BCUT2D eigenvalue weighted by atomic mass is 10.4. The third-order valence-corrected chi connectivity index (χ3v) is 4.93. The molecule has 1 aliphatic heterocycles. The van der Waals surface area contributed by atoms with E-state index in [0.717, 1.165) is 17.1 Å². The first-order valence-corrected chi connectivity index (χ1v) is 8.80. The summed E-state index contributed by atoms with van der Waals surface area (Å²) < 4.78 is 12.7. The number of hydrogen-bond donors (Lipinski definition) is 1. The van der Waals surface area contributed by atoms with Gasteiger partial charge in [0.25, 0.3) is 0 Å². The summed E-state index contributed by atoms with van der Waals surface area (Å²) in [5.41, 5.74) is 0. The first-order valence-electron chi connectivity index (χ1n) is 6.66. The molecule has 0 spiro atoms. The van der Waals surface area contributed by atoms with Gasteiger partial charge in [0.1, 0.15) is 12.4 Å². The normalized spacial score (nSPS) is 14.5. The minimum absolute atomic E-state index is 0.0296. The van der Waals surface area contributed by atoms with Crippen molar-refractivity contribution in [2.45, 2.75) is 11.3 Å². The molecular weight excluding hydrogens is 311 g/mol. The van der Waals surface area contributed by atoms with Crippen molar-refractivity contribution < 1.29 is 14.0 Å². The molecule has 1 saturated heterocycles. The zero-order valence-corrected chi connectivity index (χ0v) is 13.1. The van der Waals surface area contributed by atoms with Crippen molar-refractivity contribution in [3.63, 3.8) is 0 Å². The van der Waals surface area contributed by atoms with Crippen LogP contribution in [0.25, 0.3) is 0 Å². The number of rotatable bonds is 7. The fourth-order valence-electron chi connectivity index (χ4n) is 1.79. The molecule has 1 N–H and O–H groups in total. The van der Waals surface area contributed by atoms with E-state index < -0.39 is 0 Å². The van der Waals surface area contributed by atoms with Crippen LogP contribution < -0.4 is 5.32 Å². The highest BCUT2D eigenvalue weighted by molar-refractivity contribution is 8.00. The molecule has 114 valence electrons. The average Bonchev–Trinajstić information content (AvgIpc) is 2.86. The van der Waals surface area contributed by atoms with Crippen LogP contribution in [0.2, 0.25) is 0 Å². The van der Waals surface area contributed by atoms with Crippen molar-refractivity contribution in [1.82, 2.24) is 10.2 Å². The highest BCUT2D eigenvalue weighted by Gasteiger charge is 2.22. The Bertz CT molecular complexity index is 496. The number of nitrogens with one attached hydrogen (secondary N) is 1. The molecule has 2 amide bonds. The fraction of sp³-hybridized carbons (Fsp3) is 0.429. The molecule has 2 rings (SSSR count). The average molecular weight is 328 g/mol. The zero-order chi connectivity index (χ0) is 15.1. The quantitative estimate of drug-likeness (QED) is 0.614. The van der Waals surface area contributed by atoms with Crippen LogP contribution in [0, 0.1) is 5.82 Å². The predicted octanol–water partition coefficient (Wildman–Crippen LogP) is 1.96. The van der Waals surface area contributed by atoms with Gasteiger partial charge in [0.05, 0.1) is 11.6 Å². The highest BCUT2D eigenvalue weighted by Crippen LogP contribution is 2.18.